The van der Waals surface area contributed by atoms with Crippen LogP contribution in [0, 0.1) is 13.8 Å². The second kappa shape index (κ2) is 16.2. The van der Waals surface area contributed by atoms with Crippen LogP contribution in [0.25, 0.3) is 0 Å². The number of fused-ring (bicyclic) bond motifs is 1. The lowest BCUT2D eigenvalue weighted by molar-refractivity contribution is -0.0808. The molecule has 2 aliphatic heterocycles. The zero-order chi connectivity index (χ0) is 30.6. The average Bonchev–Trinajstić information content (AvgIpc) is 3.01. The fourth-order valence-corrected chi connectivity index (χ4v) is 5.02. The van der Waals surface area contributed by atoms with Gasteiger partial charge in [0.05, 0.1) is 30.3 Å². The maximum Gasteiger partial charge on any atom is 0.407 e. The fourth-order valence-electron chi connectivity index (χ4n) is 5.02. The summed E-state index contributed by atoms with van der Waals surface area (Å²) < 4.78 is 23.1. The summed E-state index contributed by atoms with van der Waals surface area (Å²) in [7, 11) is 1.62. The molecule has 2 aromatic rings. The number of carbonyl (C=O) groups is 1. The number of hydrogen-bond donors (Lipinski definition) is 1. The number of anilines is 1. The van der Waals surface area contributed by atoms with Gasteiger partial charge in [-0.05, 0) is 82.0 Å². The Kier molecular flexibility index (Phi) is 12.1. The van der Waals surface area contributed by atoms with Gasteiger partial charge in [-0.15, -0.1) is 0 Å². The quantitative estimate of drug-likeness (QED) is 0.132. The van der Waals surface area contributed by atoms with E-state index in [-0.39, 0.29) is 12.7 Å². The number of carbonyl (C=O) groups excluding carboxylic acids is 1. The first-order chi connectivity index (χ1) is 20.9. The van der Waals surface area contributed by atoms with Crippen LogP contribution >= 0.6 is 0 Å². The van der Waals surface area contributed by atoms with Crippen molar-refractivity contribution < 1.29 is 28.6 Å². The van der Waals surface area contributed by atoms with E-state index in [1.54, 1.807) is 7.11 Å². The Hall–Kier alpha value is -3.79. The van der Waals surface area contributed by atoms with Crippen LogP contribution in [0.5, 0.6) is 11.5 Å². The first kappa shape index (κ1) is 32.1. The third kappa shape index (κ3) is 9.61. The maximum absolute atomic E-state index is 12.1. The number of rotatable bonds is 14. The molecule has 1 aromatic heterocycles. The predicted molar refractivity (Wildman–Crippen MR) is 167 cm³/mol. The number of nitrogens with zero attached hydrogens (tertiary/aromatic N) is 3. The van der Waals surface area contributed by atoms with E-state index < -0.39 is 18.3 Å². The zero-order valence-electron chi connectivity index (χ0n) is 26.1. The number of oxime groups is 1. The molecule has 43 heavy (non-hydrogen) atoms. The highest BCUT2D eigenvalue weighted by atomic mass is 16.6. The van der Waals surface area contributed by atoms with Gasteiger partial charge in [0.1, 0.15) is 36.9 Å². The van der Waals surface area contributed by atoms with Crippen molar-refractivity contribution in [3.8, 4) is 11.5 Å². The first-order valence-corrected chi connectivity index (χ1v) is 15.3. The molecule has 0 aliphatic carbocycles. The molecule has 0 bridgehead atoms. The van der Waals surface area contributed by atoms with Crippen molar-refractivity contribution in [1.29, 1.82) is 0 Å². The minimum Gasteiger partial charge on any atom is -0.497 e. The lowest BCUT2D eigenvalue weighted by Crippen LogP contribution is -2.43. The van der Waals surface area contributed by atoms with Crippen LogP contribution in [0.2, 0.25) is 0 Å². The summed E-state index contributed by atoms with van der Waals surface area (Å²) in [6, 6.07) is 9.60. The normalized spacial score (nSPS) is 19.9. The highest BCUT2D eigenvalue weighted by Gasteiger charge is 2.30. The summed E-state index contributed by atoms with van der Waals surface area (Å²) in [5, 5.41) is 7.08. The van der Waals surface area contributed by atoms with Crippen molar-refractivity contribution in [2.45, 2.75) is 78.1 Å². The van der Waals surface area contributed by atoms with Gasteiger partial charge in [-0.2, -0.15) is 0 Å². The minimum atomic E-state index is -0.482. The molecule has 1 amide bonds. The third-order valence-corrected chi connectivity index (χ3v) is 7.62. The van der Waals surface area contributed by atoms with Crippen LogP contribution < -0.4 is 19.7 Å². The summed E-state index contributed by atoms with van der Waals surface area (Å²) in [5.41, 5.74) is 5.73. The van der Waals surface area contributed by atoms with Crippen LogP contribution in [-0.2, 0) is 20.7 Å². The van der Waals surface area contributed by atoms with Crippen molar-refractivity contribution in [1.82, 2.24) is 10.3 Å². The standard InChI is InChI=1S/C33H46N4O6/c1-6-17-34-33(38)40-22-32-31(42-27-11-9-26(39-5)10-12-27)14-13-28(43-32)16-20-41-36-24(3)15-19-37-18-7-8-29-30(37)21-23(2)25(4)35-29/h9-14,21,28,31-32H,6-8,15-20,22H2,1-5H3,(H,34,38)/t28-,31+,32+/m0/s1. The van der Waals surface area contributed by atoms with Gasteiger partial charge >= 0.3 is 6.09 Å². The summed E-state index contributed by atoms with van der Waals surface area (Å²) >= 11 is 0. The molecule has 0 saturated carbocycles. The van der Waals surface area contributed by atoms with Crippen molar-refractivity contribution in [3.63, 3.8) is 0 Å². The number of benzene rings is 1. The molecule has 0 radical (unpaired) electrons. The van der Waals surface area contributed by atoms with Gasteiger partial charge in [0.2, 0.25) is 0 Å². The highest BCUT2D eigenvalue weighted by molar-refractivity contribution is 5.82. The number of amides is 1. The maximum atomic E-state index is 12.1. The van der Waals surface area contributed by atoms with Crippen LogP contribution in [0.1, 0.15) is 56.5 Å². The number of alkyl carbamates (subject to hydrolysis) is 1. The van der Waals surface area contributed by atoms with E-state index in [9.17, 15) is 4.79 Å². The van der Waals surface area contributed by atoms with Gasteiger partial charge in [-0.1, -0.05) is 18.2 Å². The highest BCUT2D eigenvalue weighted by Crippen LogP contribution is 2.28. The summed E-state index contributed by atoms with van der Waals surface area (Å²) in [6.45, 7) is 11.1. The van der Waals surface area contributed by atoms with Crippen LogP contribution in [-0.4, -0.2) is 75.1 Å². The summed E-state index contributed by atoms with van der Waals surface area (Å²) in [4.78, 5) is 25.0. The third-order valence-electron chi connectivity index (χ3n) is 7.62. The average molecular weight is 595 g/mol. The van der Waals surface area contributed by atoms with Crippen LogP contribution in [0.3, 0.4) is 0 Å². The molecule has 0 unspecified atom stereocenters. The number of aromatic nitrogens is 1. The minimum absolute atomic E-state index is 0.0591. The molecule has 10 heteroatoms. The van der Waals surface area contributed by atoms with Gasteiger partial charge in [0.25, 0.3) is 0 Å². The molecule has 1 N–H and O–H groups in total. The molecule has 0 saturated heterocycles. The van der Waals surface area contributed by atoms with Gasteiger partial charge in [0, 0.05) is 38.2 Å². The van der Waals surface area contributed by atoms with E-state index in [0.717, 1.165) is 55.9 Å². The number of nitrogens with one attached hydrogen (secondary N) is 1. The Labute approximate surface area is 255 Å². The summed E-state index contributed by atoms with van der Waals surface area (Å²) in [5.74, 6) is 1.41. The molecule has 0 spiro atoms. The first-order valence-electron chi connectivity index (χ1n) is 15.3. The largest absolute Gasteiger partial charge is 0.497 e. The number of aryl methyl sites for hydroxylation is 3. The topological polar surface area (TPSA) is 104 Å². The summed E-state index contributed by atoms with van der Waals surface area (Å²) in [6.07, 6.45) is 6.73. The Morgan fingerprint density at radius 1 is 1.19 bits per heavy atom. The lowest BCUT2D eigenvalue weighted by Gasteiger charge is -2.32. The van der Waals surface area contributed by atoms with Crippen molar-refractivity contribution in [2.24, 2.45) is 5.16 Å². The van der Waals surface area contributed by atoms with Gasteiger partial charge in [0.15, 0.2) is 0 Å². The molecule has 1 aromatic carbocycles. The molecule has 0 fully saturated rings. The second-order valence-electron chi connectivity index (χ2n) is 11.0. The smallest absolute Gasteiger partial charge is 0.407 e. The lowest BCUT2D eigenvalue weighted by atomic mass is 10.0. The van der Waals surface area contributed by atoms with Gasteiger partial charge in [-0.25, -0.2) is 4.79 Å². The molecule has 4 rings (SSSR count). The van der Waals surface area contributed by atoms with Gasteiger partial charge < -0.3 is 34.0 Å². The molecule has 3 heterocycles. The monoisotopic (exact) mass is 594 g/mol. The van der Waals surface area contributed by atoms with Crippen molar-refractivity contribution in [2.75, 3.05) is 44.9 Å². The van der Waals surface area contributed by atoms with E-state index in [4.69, 9.17) is 28.8 Å². The fraction of sp³-hybridized carbons (Fsp3) is 0.545. The van der Waals surface area contributed by atoms with Gasteiger partial charge in [-0.3, -0.25) is 4.98 Å². The van der Waals surface area contributed by atoms with E-state index in [1.165, 1.54) is 16.9 Å². The Balaban J connectivity index is 1.26. The number of pyridine rings is 1. The molecule has 234 valence electrons. The van der Waals surface area contributed by atoms with E-state index in [1.807, 2.05) is 50.3 Å². The van der Waals surface area contributed by atoms with Crippen molar-refractivity contribution >= 4 is 17.5 Å². The molecule has 10 nitrogen and oxygen atoms in total. The Bertz CT molecular complexity index is 1250. The number of ether oxygens (including phenoxy) is 4. The number of methoxy groups -OCH3 is 1. The molecular weight excluding hydrogens is 548 g/mol. The Morgan fingerprint density at radius 3 is 2.74 bits per heavy atom. The van der Waals surface area contributed by atoms with Crippen molar-refractivity contribution in [3.05, 3.63) is 59.4 Å². The van der Waals surface area contributed by atoms with E-state index >= 15 is 0 Å². The molecule has 3 atom stereocenters. The Morgan fingerprint density at radius 2 is 1.98 bits per heavy atom. The second-order valence-corrected chi connectivity index (χ2v) is 11.0. The van der Waals surface area contributed by atoms with E-state index in [0.29, 0.717) is 25.3 Å². The zero-order valence-corrected chi connectivity index (χ0v) is 26.1. The predicted octanol–water partition coefficient (Wildman–Crippen LogP) is 5.54. The van der Waals surface area contributed by atoms with E-state index in [2.05, 4.69) is 35.3 Å². The number of hydrogen-bond acceptors (Lipinski definition) is 9. The molecular formula is C33H46N4O6. The van der Waals surface area contributed by atoms with Crippen LogP contribution in [0.4, 0.5) is 10.5 Å². The molecule has 2 aliphatic rings. The van der Waals surface area contributed by atoms with Crippen LogP contribution in [0.15, 0.2) is 47.6 Å². The SMILES string of the molecule is CCCNC(=O)OC[C@H]1O[C@H](CCON=C(C)CCN2CCCc3nc(C)c(C)cc32)C=C[C@H]1Oc1ccc(OC)cc1.